The number of carbonyl (C=O) groups excluding carboxylic acids is 1. The lowest BCUT2D eigenvalue weighted by molar-refractivity contribution is -0.116. The van der Waals surface area contributed by atoms with Gasteiger partial charge >= 0.3 is 0 Å². The molecule has 0 saturated heterocycles. The van der Waals surface area contributed by atoms with E-state index in [-0.39, 0.29) is 24.8 Å². The summed E-state index contributed by atoms with van der Waals surface area (Å²) in [7, 11) is 0. The van der Waals surface area contributed by atoms with Crippen LogP contribution in [0.2, 0.25) is 0 Å². The van der Waals surface area contributed by atoms with Crippen molar-refractivity contribution in [2.75, 3.05) is 12.1 Å². The van der Waals surface area contributed by atoms with Crippen molar-refractivity contribution in [3.63, 3.8) is 0 Å². The number of nitrogens with one attached hydrogen (secondary N) is 1. The molecule has 4 heterocycles. The molecule has 0 unspecified atom stereocenters. The third-order valence-electron chi connectivity index (χ3n) is 5.53. The Morgan fingerprint density at radius 3 is 2.93 bits per heavy atom. The van der Waals surface area contributed by atoms with E-state index in [1.54, 1.807) is 27.3 Å². The van der Waals surface area contributed by atoms with E-state index in [1.165, 1.54) is 0 Å². The van der Waals surface area contributed by atoms with Gasteiger partial charge in [-0.2, -0.15) is 0 Å². The summed E-state index contributed by atoms with van der Waals surface area (Å²) in [5.74, 6) is 1.90. The van der Waals surface area contributed by atoms with Crippen LogP contribution in [0, 0.1) is 6.92 Å². The zero-order chi connectivity index (χ0) is 20.0. The number of hydrogen-bond acceptors (Lipinski definition) is 5. The smallest absolute Gasteiger partial charge is 0.278 e. The highest BCUT2D eigenvalue weighted by atomic mass is 16.7. The number of hydrogen-bond donors (Lipinski definition) is 1. The minimum absolute atomic E-state index is 0.0417. The third-order valence-corrected chi connectivity index (χ3v) is 5.53. The van der Waals surface area contributed by atoms with Crippen LogP contribution in [0.25, 0.3) is 11.0 Å². The molecule has 0 fully saturated rings. The lowest BCUT2D eigenvalue weighted by atomic mass is 10.2. The van der Waals surface area contributed by atoms with Crippen molar-refractivity contribution in [2.45, 2.75) is 45.7 Å². The van der Waals surface area contributed by atoms with Gasteiger partial charge < -0.3 is 19.4 Å². The molecule has 8 heteroatoms. The molecule has 0 radical (unpaired) electrons. The van der Waals surface area contributed by atoms with E-state index in [2.05, 4.69) is 5.32 Å². The standard InChI is InChI=1S/C21H22N4O4/c1-13-9-15-20(21(27)24-8-4-2-3-5-18(24)23-15)25(13)11-19(26)22-14-6-7-16-17(10-14)29-12-28-16/h6-7,9-10H,2-5,8,11-12H2,1H3,(H,22,26). The van der Waals surface area contributed by atoms with Crippen molar-refractivity contribution >= 4 is 22.6 Å². The molecule has 3 aromatic rings. The fourth-order valence-electron chi connectivity index (χ4n) is 4.09. The van der Waals surface area contributed by atoms with Gasteiger partial charge in [0.05, 0.1) is 5.52 Å². The molecule has 0 spiro atoms. The lowest BCUT2D eigenvalue weighted by Gasteiger charge is -2.12. The molecule has 1 amide bonds. The van der Waals surface area contributed by atoms with Crippen LogP contribution in [0.3, 0.4) is 0 Å². The van der Waals surface area contributed by atoms with Crippen LogP contribution in [0.15, 0.2) is 29.1 Å². The van der Waals surface area contributed by atoms with Crippen LogP contribution in [-0.4, -0.2) is 26.8 Å². The Bertz CT molecular complexity index is 1180. The van der Waals surface area contributed by atoms with Gasteiger partial charge in [-0.25, -0.2) is 4.98 Å². The van der Waals surface area contributed by atoms with Crippen LogP contribution in [0.5, 0.6) is 11.5 Å². The van der Waals surface area contributed by atoms with Crippen LogP contribution in [-0.2, 0) is 24.3 Å². The van der Waals surface area contributed by atoms with Gasteiger partial charge in [0.25, 0.3) is 5.56 Å². The average Bonchev–Trinajstić information content (AvgIpc) is 3.18. The van der Waals surface area contributed by atoms with Gasteiger partial charge in [0, 0.05) is 30.4 Å². The monoisotopic (exact) mass is 394 g/mol. The highest BCUT2D eigenvalue weighted by Gasteiger charge is 2.20. The van der Waals surface area contributed by atoms with Gasteiger partial charge in [0.1, 0.15) is 17.9 Å². The van der Waals surface area contributed by atoms with E-state index in [0.29, 0.717) is 34.8 Å². The maximum Gasteiger partial charge on any atom is 0.278 e. The number of benzene rings is 1. The van der Waals surface area contributed by atoms with E-state index in [0.717, 1.165) is 37.2 Å². The van der Waals surface area contributed by atoms with E-state index in [1.807, 2.05) is 13.0 Å². The fraction of sp³-hybridized carbons (Fsp3) is 0.381. The molecule has 0 atom stereocenters. The number of amides is 1. The second-order valence-electron chi connectivity index (χ2n) is 7.52. The fourth-order valence-corrected chi connectivity index (χ4v) is 4.09. The van der Waals surface area contributed by atoms with Gasteiger partial charge in [0.2, 0.25) is 12.7 Å². The number of ether oxygens (including phenoxy) is 2. The number of rotatable bonds is 3. The van der Waals surface area contributed by atoms with E-state index in [9.17, 15) is 9.59 Å². The van der Waals surface area contributed by atoms with Crippen LogP contribution in [0.1, 0.15) is 30.8 Å². The van der Waals surface area contributed by atoms with Crippen molar-refractivity contribution in [1.29, 1.82) is 0 Å². The number of carbonyl (C=O) groups is 1. The van der Waals surface area contributed by atoms with Gasteiger partial charge in [0.15, 0.2) is 11.5 Å². The minimum atomic E-state index is -0.219. The van der Waals surface area contributed by atoms with E-state index in [4.69, 9.17) is 14.5 Å². The van der Waals surface area contributed by atoms with Gasteiger partial charge in [-0.1, -0.05) is 6.42 Å². The summed E-state index contributed by atoms with van der Waals surface area (Å²) in [4.78, 5) is 30.6. The Morgan fingerprint density at radius 1 is 1.17 bits per heavy atom. The first kappa shape index (κ1) is 17.8. The van der Waals surface area contributed by atoms with Crippen molar-refractivity contribution in [2.24, 2.45) is 0 Å². The molecule has 1 N–H and O–H groups in total. The molecule has 150 valence electrons. The third kappa shape index (κ3) is 3.14. The second-order valence-corrected chi connectivity index (χ2v) is 7.52. The van der Waals surface area contributed by atoms with Crippen molar-refractivity contribution in [3.8, 4) is 11.5 Å². The topological polar surface area (TPSA) is 87.4 Å². The molecule has 0 bridgehead atoms. The molecule has 0 saturated carbocycles. The quantitative estimate of drug-likeness (QED) is 0.738. The largest absolute Gasteiger partial charge is 0.454 e. The highest BCUT2D eigenvalue weighted by Crippen LogP contribution is 2.34. The summed E-state index contributed by atoms with van der Waals surface area (Å²) >= 11 is 0. The second kappa shape index (κ2) is 6.95. The molecular weight excluding hydrogens is 372 g/mol. The summed E-state index contributed by atoms with van der Waals surface area (Å²) < 4.78 is 14.2. The first-order valence-corrected chi connectivity index (χ1v) is 9.89. The average molecular weight is 394 g/mol. The Labute approximate surface area is 167 Å². The maximum absolute atomic E-state index is 13.2. The number of anilines is 1. The Balaban J connectivity index is 1.45. The van der Waals surface area contributed by atoms with Gasteiger partial charge in [-0.15, -0.1) is 0 Å². The molecule has 29 heavy (non-hydrogen) atoms. The Morgan fingerprint density at radius 2 is 2.03 bits per heavy atom. The highest BCUT2D eigenvalue weighted by molar-refractivity contribution is 5.92. The van der Waals surface area contributed by atoms with E-state index >= 15 is 0 Å². The maximum atomic E-state index is 13.2. The van der Waals surface area contributed by atoms with Crippen LogP contribution >= 0.6 is 0 Å². The van der Waals surface area contributed by atoms with Crippen LogP contribution in [0.4, 0.5) is 5.69 Å². The number of aromatic nitrogens is 3. The summed E-state index contributed by atoms with van der Waals surface area (Å²) in [6.45, 7) is 2.80. The predicted octanol–water partition coefficient (Wildman–Crippen LogP) is 2.60. The van der Waals surface area contributed by atoms with E-state index < -0.39 is 0 Å². The van der Waals surface area contributed by atoms with Crippen molar-refractivity contribution in [3.05, 3.63) is 46.1 Å². The predicted molar refractivity (Wildman–Crippen MR) is 107 cm³/mol. The summed E-state index contributed by atoms with van der Waals surface area (Å²) in [5.41, 5.74) is 2.56. The molecule has 2 aliphatic heterocycles. The van der Waals surface area contributed by atoms with Crippen molar-refractivity contribution < 1.29 is 14.3 Å². The number of aryl methyl sites for hydroxylation is 2. The van der Waals surface area contributed by atoms with Crippen LogP contribution < -0.4 is 20.3 Å². The summed E-state index contributed by atoms with van der Waals surface area (Å²) in [6, 6.07) is 7.15. The van der Waals surface area contributed by atoms with Crippen molar-refractivity contribution in [1.82, 2.24) is 14.1 Å². The minimum Gasteiger partial charge on any atom is -0.454 e. The molecular formula is C21H22N4O4. The zero-order valence-electron chi connectivity index (χ0n) is 16.2. The normalized spacial score (nSPS) is 15.2. The molecule has 0 aliphatic carbocycles. The molecule has 2 aromatic heterocycles. The molecule has 1 aromatic carbocycles. The molecule has 5 rings (SSSR count). The lowest BCUT2D eigenvalue weighted by Crippen LogP contribution is -2.28. The Kier molecular flexibility index (Phi) is 4.26. The number of fused-ring (bicyclic) bond motifs is 3. The molecule has 2 aliphatic rings. The summed E-state index contributed by atoms with van der Waals surface area (Å²) in [5, 5.41) is 2.87. The first-order valence-electron chi connectivity index (χ1n) is 9.89. The van der Waals surface area contributed by atoms with Gasteiger partial charge in [-0.3, -0.25) is 14.2 Å². The molecule has 8 nitrogen and oxygen atoms in total. The SMILES string of the molecule is Cc1cc2nc3n(c(=O)c2n1CC(=O)Nc1ccc2c(c1)OCO2)CCCCC3. The zero-order valence-corrected chi connectivity index (χ0v) is 16.2. The van der Waals surface area contributed by atoms with Gasteiger partial charge in [-0.05, 0) is 38.0 Å². The summed E-state index contributed by atoms with van der Waals surface area (Å²) in [6.07, 6.45) is 3.95. The number of nitrogens with zero attached hydrogens (tertiary/aromatic N) is 3. The first-order chi connectivity index (χ1) is 14.1. The Hall–Kier alpha value is -3.29.